The molecule has 0 bridgehead atoms. The smallest absolute Gasteiger partial charge is 0.321 e. The Morgan fingerprint density at radius 2 is 0.723 bits per heavy atom. The van der Waals surface area contributed by atoms with Crippen molar-refractivity contribution in [2.24, 2.45) is 10.8 Å². The fourth-order valence-corrected chi connectivity index (χ4v) is 23.8. The molecule has 1 saturated heterocycles. The molecule has 137 heavy (non-hydrogen) atoms. The maximum absolute atomic E-state index is 14.2. The van der Waals surface area contributed by atoms with E-state index in [4.69, 9.17) is 37.9 Å². The van der Waals surface area contributed by atoms with Gasteiger partial charge in [0.1, 0.15) is 11.6 Å². The van der Waals surface area contributed by atoms with E-state index in [2.05, 4.69) is 136 Å². The minimum atomic E-state index is -1.15. The molecule has 1 unspecified atom stereocenters. The molecule has 5 fully saturated rings. The number of likely N-dealkylation sites (N-methyl/N-ethyl adjacent to an activating group) is 2. The van der Waals surface area contributed by atoms with Crippen molar-refractivity contribution in [2.75, 3.05) is 41.3 Å². The zero-order valence-corrected chi connectivity index (χ0v) is 84.3. The monoisotopic (exact) mass is 2190 g/mol. The first-order chi connectivity index (χ1) is 66.5. The summed E-state index contributed by atoms with van der Waals surface area (Å²) >= 11 is 5.30. The molecular weight excluding hydrogens is 2070 g/mol. The Morgan fingerprint density at radius 1 is 0.394 bits per heavy atom. The van der Waals surface area contributed by atoms with Gasteiger partial charge in [0.15, 0.2) is 51.8 Å². The van der Waals surface area contributed by atoms with Crippen LogP contribution in [0.5, 0.6) is 46.0 Å². The fourth-order valence-electron chi connectivity index (χ4n) is 23.8. The van der Waals surface area contributed by atoms with Gasteiger partial charge in [-0.25, -0.2) is 4.79 Å². The number of benzene rings is 8. The van der Waals surface area contributed by atoms with Crippen LogP contribution in [0.2, 0.25) is 0 Å². The number of fused-ring (bicyclic) bond motifs is 17. The van der Waals surface area contributed by atoms with Gasteiger partial charge in [-0.05, 0) is 194 Å². The molecular formula is C108H118I3N10O16-. The van der Waals surface area contributed by atoms with E-state index in [1.165, 1.54) is 67.2 Å². The zero-order valence-electron chi connectivity index (χ0n) is 77.9. The number of aromatic nitrogens is 4. The number of carboxylic acid groups (broad SMARTS) is 2. The number of hydrogen-bond acceptors (Lipinski definition) is 17. The molecule has 9 aliphatic heterocycles. The Labute approximate surface area is 826 Å². The topological polar surface area (TPSA) is 326 Å². The van der Waals surface area contributed by atoms with Gasteiger partial charge in [-0.2, -0.15) is 0 Å². The Bertz CT molecular complexity index is 6570. The molecule has 1 spiro atoms. The molecule has 3 amide bonds. The first kappa shape index (κ1) is 94.0. The molecule has 718 valence electrons. The van der Waals surface area contributed by atoms with Crippen molar-refractivity contribution in [1.82, 2.24) is 50.6 Å². The number of hydrogen-bond donors (Lipinski definition) is 9. The van der Waals surface area contributed by atoms with Crippen LogP contribution in [0.4, 0.5) is 0 Å². The number of nitrogens with one attached hydrogen (secondary N) is 7. The van der Waals surface area contributed by atoms with E-state index in [0.717, 1.165) is 176 Å². The minimum Gasteiger partial charge on any atom is -0.480 e. The molecule has 8 atom stereocenters. The number of aliphatic carboxylic acids is 2. The predicted molar refractivity (Wildman–Crippen MR) is 535 cm³/mol. The van der Waals surface area contributed by atoms with Gasteiger partial charge in [0.05, 0.1) is 47.7 Å². The van der Waals surface area contributed by atoms with Crippen LogP contribution < -0.4 is 67.1 Å². The second-order valence-electron chi connectivity index (χ2n) is 40.0. The third kappa shape index (κ3) is 18.4. The summed E-state index contributed by atoms with van der Waals surface area (Å²) in [4.78, 5) is 99.4. The van der Waals surface area contributed by atoms with Crippen LogP contribution in [-0.2, 0) is 54.5 Å². The van der Waals surface area contributed by atoms with Gasteiger partial charge in [0.2, 0.25) is 44.9 Å². The van der Waals surface area contributed by atoms with Crippen molar-refractivity contribution in [3.63, 3.8) is 0 Å². The number of halogens is 3. The molecule has 13 heterocycles. The fraction of sp³-hybridized carbons (Fsp3) is 0.426. The third-order valence-corrected chi connectivity index (χ3v) is 31.4. The molecule has 9 N–H and O–H groups in total. The summed E-state index contributed by atoms with van der Waals surface area (Å²) in [6.07, 6.45) is 24.1. The first-order valence-electron chi connectivity index (χ1n) is 48.5. The number of carboxylic acids is 2. The summed E-state index contributed by atoms with van der Waals surface area (Å²) in [6.45, 7) is 7.87. The van der Waals surface area contributed by atoms with E-state index in [-0.39, 0.29) is 86.4 Å². The molecule has 12 aromatic rings. The Balaban J connectivity index is 0.000000109. The van der Waals surface area contributed by atoms with E-state index in [9.17, 15) is 39.0 Å². The van der Waals surface area contributed by atoms with Crippen LogP contribution in [0, 0.1) is 10.8 Å². The van der Waals surface area contributed by atoms with Crippen molar-refractivity contribution >= 4 is 116 Å². The Morgan fingerprint density at radius 3 is 1.11 bits per heavy atom. The van der Waals surface area contributed by atoms with Crippen molar-refractivity contribution in [2.45, 2.75) is 241 Å². The number of carbonyl (C=O) groups excluding carboxylic acids is 4. The minimum absolute atomic E-state index is 0.0637. The second-order valence-corrected chi connectivity index (χ2v) is 56.2. The average molecular weight is 2190 g/mol. The van der Waals surface area contributed by atoms with E-state index >= 15 is 0 Å². The van der Waals surface area contributed by atoms with Crippen molar-refractivity contribution in [3.8, 4) is 46.0 Å². The van der Waals surface area contributed by atoms with E-state index in [0.29, 0.717) is 98.1 Å². The summed E-state index contributed by atoms with van der Waals surface area (Å²) in [5, 5.41) is 34.7. The number of para-hydroxylation sites is 4. The summed E-state index contributed by atoms with van der Waals surface area (Å²) < 4.78 is 44.3. The molecule has 4 aliphatic carbocycles. The standard InChI is InChI=1S/C27H29N3O5.C27H31N3O3.C27H26N2O4.C19H16N2O4.C8H16.I3/c1-30(27(26(32)33)11-5-2-6-12-27)25(31)20-14-18-17-7-3-4-8-19(17)28-24(18)23(29-20)16-9-10-21-22(13-16)35-15-34-21;1-27(12-6-3-7-13-27)30(2)26(31)21-15-19-18-8-4-5-9-20(18)28-25(19)24(29-21)17-10-11-22-23(14-17)33-16-32-22;30-21-14-27(10-4-1-5-11-27)26(31)29-20(21)13-18-17-6-2-3-7-19(17)28-24(18)25(29)16-8-9-22-23(12-16)33-15-32-22;22-19(23)14-8-12-11-3-1-2-4-13(11)20-18(12)17(21-14)10-5-6-15-16(7-10)25-9-24-15;1-8(2)6-4-3-5-7-8;1-3-2/h3-4,7-10,13,20,23,28-29H,2,5-6,11-12,14-15H2,1H3,(H,32,33);4-5,8-11,14,21,24,28-29H,3,6-7,12-13,15-16H2,1-2H3;2-3,6-9,12,20,25,28H,1,4-5,10-11,13-15H2;1-7,14,17,20-21H,8-9H2,(H,22,23);3-7H2,1-2H3;/q;;;;;-1/t20-,23-;21-,24-;20?,25-;14-,17-;;/m1111../s1. The second kappa shape index (κ2) is 39.6. The van der Waals surface area contributed by atoms with E-state index in [1.54, 1.807) is 7.05 Å². The van der Waals surface area contributed by atoms with Crippen LogP contribution in [-0.4, -0.2) is 157 Å². The third-order valence-electron chi connectivity index (χ3n) is 31.4. The van der Waals surface area contributed by atoms with Crippen molar-refractivity contribution < 1.29 is 90.1 Å². The molecule has 26 nitrogen and oxygen atoms in total. The van der Waals surface area contributed by atoms with Gasteiger partial charge in [-0.1, -0.05) is 188 Å². The number of ether oxygens (including phenoxy) is 8. The number of rotatable bonds is 10. The zero-order chi connectivity index (χ0) is 94.6. The summed E-state index contributed by atoms with van der Waals surface area (Å²) in [5.74, 6) is 4.31. The summed E-state index contributed by atoms with van der Waals surface area (Å²) in [6, 6.07) is 53.3. The summed E-state index contributed by atoms with van der Waals surface area (Å²) in [5.41, 5.74) is 15.7. The molecule has 13 aliphatic rings. The molecule has 4 aromatic heterocycles. The number of carbonyl (C=O) groups is 6. The largest absolute Gasteiger partial charge is 0.480 e. The number of piperidine rings is 1. The van der Waals surface area contributed by atoms with Crippen LogP contribution in [0.3, 0.4) is 0 Å². The van der Waals surface area contributed by atoms with Gasteiger partial charge < -0.3 is 82.7 Å². The molecule has 25 rings (SSSR count). The van der Waals surface area contributed by atoms with Crippen LogP contribution in [0.1, 0.15) is 247 Å². The first-order valence-corrected chi connectivity index (χ1v) is 61.0. The predicted octanol–water partition coefficient (Wildman–Crippen LogP) is 17.4. The quantitative estimate of drug-likeness (QED) is 0.0574. The van der Waals surface area contributed by atoms with Gasteiger partial charge in [0, 0.05) is 105 Å². The number of nitrogens with zero attached hydrogens (tertiary/aromatic N) is 3. The summed E-state index contributed by atoms with van der Waals surface area (Å²) in [7, 11) is 3.65. The number of amides is 3. The Kier molecular flexibility index (Phi) is 27.2. The molecule has 0 radical (unpaired) electrons. The number of ketones is 1. The number of aromatic amines is 4. The SMILES string of the molecule is CC1(C)CCCCC1.CN(C(=O)[C@H]1Cc2c([nH]c3ccccc23)[C@@H](c2ccc3c(c2)OCO3)N1)C1(C(=O)O)CCCCC1.CN(C(=O)[C@H]1Cc2c([nH]c3ccccc23)[C@@H](c2ccc3c(c2)OCO3)N1)C1(C)CCCCC1.I[I-]I.O=C(O)[C@H]1Cc2c([nH]c3ccccc23)[C@@H](c2ccc3c(c2)OCO3)N1.O=C1CC2(CCCCC2)C(=O)N2C1Cc1c([nH]c3ccccc13)[C@H]2c1ccc2c(c1)OCO2. The maximum atomic E-state index is 14.2. The van der Waals surface area contributed by atoms with Gasteiger partial charge >= 0.3 is 62.4 Å². The van der Waals surface area contributed by atoms with Crippen molar-refractivity contribution in [1.29, 1.82) is 0 Å². The van der Waals surface area contributed by atoms with Crippen LogP contribution in [0.15, 0.2) is 170 Å². The Hall–Kier alpha value is -10.6. The van der Waals surface area contributed by atoms with Gasteiger partial charge in [-0.15, -0.1) is 0 Å². The van der Waals surface area contributed by atoms with E-state index in [1.807, 2.05) is 144 Å². The van der Waals surface area contributed by atoms with E-state index < -0.39 is 41.0 Å². The molecule has 8 aromatic carbocycles. The number of Topliss-reactive ketones (excluding diaryl/α,β-unsaturated/α-hetero) is 1. The van der Waals surface area contributed by atoms with Crippen LogP contribution >= 0.6 is 37.2 Å². The molecule has 4 saturated carbocycles. The molecule has 29 heteroatoms. The van der Waals surface area contributed by atoms with Crippen molar-refractivity contribution in [3.05, 3.63) is 237 Å². The normalized spacial score (nSPS) is 23.2. The van der Waals surface area contributed by atoms with Crippen LogP contribution in [0.25, 0.3) is 43.6 Å². The van der Waals surface area contributed by atoms with Gasteiger partial charge in [-0.3, -0.25) is 39.9 Å². The maximum Gasteiger partial charge on any atom is 0.321 e. The van der Waals surface area contributed by atoms with Gasteiger partial charge in [0.25, 0.3) is 0 Å². The number of H-pyrrole nitrogens is 4. The average Bonchev–Trinajstić information content (AvgIpc) is 1.65.